The van der Waals surface area contributed by atoms with E-state index in [1.165, 1.54) is 63.4 Å². The average molecular weight is 371 g/mol. The van der Waals surface area contributed by atoms with Crippen LogP contribution in [-0.4, -0.2) is 16.9 Å². The second-order valence-corrected chi connectivity index (χ2v) is 7.76. The van der Waals surface area contributed by atoms with Crippen molar-refractivity contribution in [3.05, 3.63) is 46.5 Å². The summed E-state index contributed by atoms with van der Waals surface area (Å²) in [5.41, 5.74) is 3.37. The van der Waals surface area contributed by atoms with E-state index in [4.69, 9.17) is 5.11 Å². The molecular formula is C24H34O3. The van der Waals surface area contributed by atoms with Crippen LogP contribution in [0.2, 0.25) is 0 Å². The van der Waals surface area contributed by atoms with Crippen LogP contribution in [0.3, 0.4) is 0 Å². The number of allylic oxidation sites excluding steroid dienone is 1. The van der Waals surface area contributed by atoms with E-state index in [2.05, 4.69) is 19.1 Å². The summed E-state index contributed by atoms with van der Waals surface area (Å²) >= 11 is 0. The molecule has 0 amide bonds. The van der Waals surface area contributed by atoms with E-state index in [1.807, 2.05) is 6.07 Å². The number of carboxylic acids is 1. The molecule has 0 bridgehead atoms. The highest BCUT2D eigenvalue weighted by atomic mass is 16.4. The number of hydrogen-bond acceptors (Lipinski definition) is 2. The van der Waals surface area contributed by atoms with Gasteiger partial charge >= 0.3 is 5.97 Å². The summed E-state index contributed by atoms with van der Waals surface area (Å²) in [6.45, 7) is 2.25. The molecule has 0 heterocycles. The molecule has 3 heteroatoms. The molecular weight excluding hydrogens is 336 g/mol. The fourth-order valence-electron chi connectivity index (χ4n) is 3.87. The van der Waals surface area contributed by atoms with Crippen molar-refractivity contribution in [1.82, 2.24) is 0 Å². The number of Topliss-reactive ketones (excluding diaryl/α,β-unsaturated/α-hetero) is 1. The van der Waals surface area contributed by atoms with Gasteiger partial charge in [-0.3, -0.25) is 4.79 Å². The van der Waals surface area contributed by atoms with Crippen molar-refractivity contribution in [3.8, 4) is 0 Å². The summed E-state index contributed by atoms with van der Waals surface area (Å²) in [4.78, 5) is 23.4. The lowest BCUT2D eigenvalue weighted by atomic mass is 9.85. The molecule has 0 unspecified atom stereocenters. The molecule has 27 heavy (non-hydrogen) atoms. The summed E-state index contributed by atoms with van der Waals surface area (Å²) < 4.78 is 0. The smallest absolute Gasteiger partial charge is 0.328 e. The van der Waals surface area contributed by atoms with E-state index in [1.54, 1.807) is 0 Å². The Kier molecular flexibility index (Phi) is 9.30. The fourth-order valence-corrected chi connectivity index (χ4v) is 3.87. The average Bonchev–Trinajstić information content (AvgIpc) is 2.65. The van der Waals surface area contributed by atoms with Gasteiger partial charge in [-0.1, -0.05) is 76.8 Å². The van der Waals surface area contributed by atoms with Gasteiger partial charge < -0.3 is 5.11 Å². The monoisotopic (exact) mass is 370 g/mol. The molecule has 0 saturated carbocycles. The van der Waals surface area contributed by atoms with Gasteiger partial charge in [0.05, 0.1) is 0 Å². The molecule has 1 aromatic rings. The second kappa shape index (κ2) is 11.7. The number of ketones is 1. The molecule has 3 nitrogen and oxygen atoms in total. The predicted octanol–water partition coefficient (Wildman–Crippen LogP) is 6.29. The first-order valence-electron chi connectivity index (χ1n) is 10.7. The van der Waals surface area contributed by atoms with Crippen molar-refractivity contribution < 1.29 is 14.7 Å². The van der Waals surface area contributed by atoms with E-state index < -0.39 is 5.97 Å². The Balaban J connectivity index is 1.72. The highest BCUT2D eigenvalue weighted by Crippen LogP contribution is 2.26. The first kappa shape index (κ1) is 21.4. The van der Waals surface area contributed by atoms with Gasteiger partial charge in [0, 0.05) is 17.2 Å². The van der Waals surface area contributed by atoms with Gasteiger partial charge in [-0.05, 0) is 42.9 Å². The number of benzene rings is 1. The molecule has 148 valence electrons. The lowest BCUT2D eigenvalue weighted by Crippen LogP contribution is -2.15. The van der Waals surface area contributed by atoms with E-state index >= 15 is 0 Å². The third kappa shape index (κ3) is 7.32. The van der Waals surface area contributed by atoms with Crippen molar-refractivity contribution in [2.45, 2.75) is 90.4 Å². The maximum Gasteiger partial charge on any atom is 0.328 e. The number of aryl methyl sites for hydroxylation is 2. The van der Waals surface area contributed by atoms with E-state index in [-0.39, 0.29) is 5.78 Å². The first-order valence-corrected chi connectivity index (χ1v) is 10.7. The minimum atomic E-state index is -1.04. The SMILES string of the molecule is CCCCCCCCCCCCc1ccc2c(c1)C(=O)/C(=C\C(=O)O)CC2. The quantitative estimate of drug-likeness (QED) is 0.347. The number of fused-ring (bicyclic) bond motifs is 1. The zero-order valence-electron chi connectivity index (χ0n) is 16.8. The Labute approximate surface area is 163 Å². The number of carboxylic acid groups (broad SMARTS) is 1. The maximum atomic E-state index is 12.5. The van der Waals surface area contributed by atoms with Crippen molar-refractivity contribution in [2.75, 3.05) is 0 Å². The van der Waals surface area contributed by atoms with Crippen LogP contribution in [0.5, 0.6) is 0 Å². The summed E-state index contributed by atoms with van der Waals surface area (Å²) in [6.07, 6.45) is 16.5. The topological polar surface area (TPSA) is 54.4 Å². The van der Waals surface area contributed by atoms with Gasteiger partial charge in [0.1, 0.15) is 0 Å². The molecule has 0 aliphatic heterocycles. The molecule has 0 saturated heterocycles. The van der Waals surface area contributed by atoms with Crippen LogP contribution in [0.4, 0.5) is 0 Å². The number of unbranched alkanes of at least 4 members (excludes halogenated alkanes) is 9. The zero-order valence-corrected chi connectivity index (χ0v) is 16.8. The van der Waals surface area contributed by atoms with E-state index in [0.29, 0.717) is 17.6 Å². The maximum absolute atomic E-state index is 12.5. The lowest BCUT2D eigenvalue weighted by molar-refractivity contribution is -0.131. The van der Waals surface area contributed by atoms with Crippen LogP contribution in [0.25, 0.3) is 0 Å². The lowest BCUT2D eigenvalue weighted by Gasteiger charge is -2.18. The Hall–Kier alpha value is -1.90. The molecule has 0 spiro atoms. The van der Waals surface area contributed by atoms with Crippen LogP contribution < -0.4 is 0 Å². The van der Waals surface area contributed by atoms with Crippen molar-refractivity contribution in [3.63, 3.8) is 0 Å². The van der Waals surface area contributed by atoms with Crippen LogP contribution in [-0.2, 0) is 17.6 Å². The normalized spacial score (nSPS) is 15.1. The van der Waals surface area contributed by atoms with Crippen molar-refractivity contribution in [1.29, 1.82) is 0 Å². The van der Waals surface area contributed by atoms with Crippen LogP contribution in [0.1, 0.15) is 99.0 Å². The molecule has 1 aromatic carbocycles. The van der Waals surface area contributed by atoms with E-state index in [0.717, 1.165) is 30.9 Å². The van der Waals surface area contributed by atoms with E-state index in [9.17, 15) is 9.59 Å². The molecule has 1 N–H and O–H groups in total. The largest absolute Gasteiger partial charge is 0.478 e. The van der Waals surface area contributed by atoms with Gasteiger partial charge in [0.15, 0.2) is 5.78 Å². The number of rotatable bonds is 12. The highest BCUT2D eigenvalue weighted by molar-refractivity contribution is 6.12. The number of aliphatic carboxylic acids is 1. The minimum absolute atomic E-state index is 0.108. The van der Waals surface area contributed by atoms with Crippen molar-refractivity contribution >= 4 is 11.8 Å². The standard InChI is InChI=1S/C24H34O3/c1-2-3-4-5-6-7-8-9-10-11-12-19-13-14-20-15-16-21(18-23(25)26)24(27)22(20)17-19/h13-14,17-18H,2-12,15-16H2,1H3,(H,25,26)/b21-18-. The number of carbonyl (C=O) groups excluding carboxylic acids is 1. The Morgan fingerprint density at radius 2 is 1.59 bits per heavy atom. The molecule has 1 aliphatic carbocycles. The molecule has 1 aliphatic rings. The van der Waals surface area contributed by atoms with Crippen LogP contribution >= 0.6 is 0 Å². The van der Waals surface area contributed by atoms with Crippen LogP contribution in [0, 0.1) is 0 Å². The third-order valence-electron chi connectivity index (χ3n) is 5.49. The van der Waals surface area contributed by atoms with Gasteiger partial charge in [-0.2, -0.15) is 0 Å². The highest BCUT2D eigenvalue weighted by Gasteiger charge is 2.22. The molecule has 0 atom stereocenters. The van der Waals surface area contributed by atoms with Gasteiger partial charge in [-0.25, -0.2) is 4.79 Å². The Morgan fingerprint density at radius 3 is 2.22 bits per heavy atom. The number of carbonyl (C=O) groups is 2. The van der Waals surface area contributed by atoms with Crippen molar-refractivity contribution in [2.24, 2.45) is 0 Å². The molecule has 0 radical (unpaired) electrons. The molecule has 0 fully saturated rings. The molecule has 0 aromatic heterocycles. The fraction of sp³-hybridized carbons (Fsp3) is 0.583. The predicted molar refractivity (Wildman–Crippen MR) is 110 cm³/mol. The zero-order chi connectivity index (χ0) is 19.5. The summed E-state index contributed by atoms with van der Waals surface area (Å²) in [7, 11) is 0. The molecule has 2 rings (SSSR count). The Morgan fingerprint density at radius 1 is 0.963 bits per heavy atom. The minimum Gasteiger partial charge on any atom is -0.478 e. The second-order valence-electron chi connectivity index (χ2n) is 7.76. The van der Waals surface area contributed by atoms with Gasteiger partial charge in [0.25, 0.3) is 0 Å². The summed E-state index contributed by atoms with van der Waals surface area (Å²) in [6, 6.07) is 6.17. The van der Waals surface area contributed by atoms with Gasteiger partial charge in [0.2, 0.25) is 0 Å². The summed E-state index contributed by atoms with van der Waals surface area (Å²) in [5.74, 6) is -1.15. The summed E-state index contributed by atoms with van der Waals surface area (Å²) in [5, 5.41) is 8.92. The van der Waals surface area contributed by atoms with Gasteiger partial charge in [-0.15, -0.1) is 0 Å². The number of hydrogen-bond donors (Lipinski definition) is 1. The Bertz CT molecular complexity index is 658. The first-order chi connectivity index (χ1) is 13.1. The van der Waals surface area contributed by atoms with Crippen LogP contribution in [0.15, 0.2) is 29.8 Å². The third-order valence-corrected chi connectivity index (χ3v) is 5.49.